The fourth-order valence-electron chi connectivity index (χ4n) is 4.27. The molecule has 1 aliphatic heterocycles. The van der Waals surface area contributed by atoms with Crippen molar-refractivity contribution in [3.63, 3.8) is 0 Å². The van der Waals surface area contributed by atoms with Crippen molar-refractivity contribution in [1.82, 2.24) is 9.88 Å². The number of benzene rings is 3. The van der Waals surface area contributed by atoms with Gasteiger partial charge in [0.1, 0.15) is 18.1 Å². The number of carbonyl (C=O) groups is 2. The Bertz CT molecular complexity index is 1460. The second kappa shape index (κ2) is 9.87. The second-order valence-electron chi connectivity index (χ2n) is 8.54. The molecule has 0 aliphatic carbocycles. The molecule has 1 fully saturated rings. The van der Waals surface area contributed by atoms with E-state index in [1.165, 1.54) is 0 Å². The number of hydrogen-bond donors (Lipinski definition) is 1. The van der Waals surface area contributed by atoms with Crippen LogP contribution in [0.5, 0.6) is 5.75 Å². The molecule has 0 bridgehead atoms. The maximum absolute atomic E-state index is 13.0. The number of urea groups is 1. The molecule has 0 unspecified atom stereocenters. The number of ether oxygens (including phenoxy) is 1. The third kappa shape index (κ3) is 4.70. The number of halogens is 1. The number of nitrogens with one attached hydrogen (secondary N) is 1. The quantitative estimate of drug-likeness (QED) is 0.223. The van der Waals surface area contributed by atoms with E-state index in [1.807, 2.05) is 74.5 Å². The van der Waals surface area contributed by atoms with Crippen LogP contribution >= 0.6 is 15.9 Å². The zero-order valence-corrected chi connectivity index (χ0v) is 21.5. The van der Waals surface area contributed by atoms with Crippen molar-refractivity contribution in [2.45, 2.75) is 20.5 Å². The Kier molecular flexibility index (Phi) is 6.48. The van der Waals surface area contributed by atoms with E-state index in [-0.39, 0.29) is 11.6 Å². The van der Waals surface area contributed by atoms with E-state index in [4.69, 9.17) is 4.74 Å². The third-order valence-corrected chi connectivity index (χ3v) is 6.61. The molecule has 0 radical (unpaired) electrons. The van der Waals surface area contributed by atoms with Crippen molar-refractivity contribution < 1.29 is 14.3 Å². The number of aryl methyl sites for hydroxylation is 1. The summed E-state index contributed by atoms with van der Waals surface area (Å²) in [7, 11) is 0. The highest BCUT2D eigenvalue weighted by atomic mass is 79.9. The fraction of sp³-hybridized carbons (Fsp3) is 0.103. The van der Waals surface area contributed by atoms with E-state index in [9.17, 15) is 9.59 Å². The van der Waals surface area contributed by atoms with Crippen LogP contribution in [0.2, 0.25) is 0 Å². The van der Waals surface area contributed by atoms with Crippen molar-refractivity contribution in [3.8, 4) is 11.4 Å². The fourth-order valence-corrected chi connectivity index (χ4v) is 4.54. The minimum atomic E-state index is -0.454. The standard InChI is InChI=1S/C29H24BrN3O3/c1-19-16-22(17-27-28(34)33(29(35)31-27)24-6-4-3-5-7-24)20(2)32(19)25-12-14-26(15-13-25)36-18-21-8-10-23(30)11-9-21/h3-17H,18H2,1-2H3,(H,31,35)/b27-17+. The first-order chi connectivity index (χ1) is 17.4. The summed E-state index contributed by atoms with van der Waals surface area (Å²) in [5.41, 5.74) is 5.71. The molecule has 36 heavy (non-hydrogen) atoms. The Hall–Kier alpha value is -4.10. The average molecular weight is 542 g/mol. The van der Waals surface area contributed by atoms with E-state index in [1.54, 1.807) is 30.3 Å². The lowest BCUT2D eigenvalue weighted by Gasteiger charge is -2.12. The molecule has 0 saturated carbocycles. The predicted octanol–water partition coefficient (Wildman–Crippen LogP) is 6.53. The van der Waals surface area contributed by atoms with Gasteiger partial charge in [0.15, 0.2) is 0 Å². The predicted molar refractivity (Wildman–Crippen MR) is 144 cm³/mol. The monoisotopic (exact) mass is 541 g/mol. The van der Waals surface area contributed by atoms with Crippen LogP contribution in [-0.4, -0.2) is 16.5 Å². The van der Waals surface area contributed by atoms with Gasteiger partial charge >= 0.3 is 6.03 Å². The summed E-state index contributed by atoms with van der Waals surface area (Å²) in [6.45, 7) is 4.50. The number of rotatable bonds is 6. The maximum atomic E-state index is 13.0. The molecule has 180 valence electrons. The molecule has 1 saturated heterocycles. The van der Waals surface area contributed by atoms with Crippen LogP contribution in [-0.2, 0) is 11.4 Å². The Morgan fingerprint density at radius 2 is 1.58 bits per heavy atom. The topological polar surface area (TPSA) is 63.6 Å². The van der Waals surface area contributed by atoms with Gasteiger partial charge in [0.25, 0.3) is 5.91 Å². The van der Waals surface area contributed by atoms with E-state index < -0.39 is 6.03 Å². The first-order valence-electron chi connectivity index (χ1n) is 11.5. The highest BCUT2D eigenvalue weighted by Gasteiger charge is 2.35. The first kappa shape index (κ1) is 23.6. The van der Waals surface area contributed by atoms with Crippen molar-refractivity contribution in [1.29, 1.82) is 0 Å². The second-order valence-corrected chi connectivity index (χ2v) is 9.45. The Balaban J connectivity index is 1.35. The van der Waals surface area contributed by atoms with Crippen LogP contribution in [0.15, 0.2) is 95.1 Å². The number of aromatic nitrogens is 1. The SMILES string of the molecule is Cc1cc(/C=C2/NC(=O)N(c3ccccc3)C2=O)c(C)n1-c1ccc(OCc2ccc(Br)cc2)cc1. The molecule has 3 aromatic carbocycles. The van der Waals surface area contributed by atoms with Gasteiger partial charge in [-0.05, 0) is 85.6 Å². The summed E-state index contributed by atoms with van der Waals surface area (Å²) in [5.74, 6) is 0.412. The lowest BCUT2D eigenvalue weighted by molar-refractivity contribution is -0.113. The zero-order valence-electron chi connectivity index (χ0n) is 19.9. The molecule has 0 atom stereocenters. The van der Waals surface area contributed by atoms with Crippen LogP contribution < -0.4 is 15.0 Å². The summed E-state index contributed by atoms with van der Waals surface area (Å²) in [5, 5.41) is 2.70. The minimum absolute atomic E-state index is 0.251. The van der Waals surface area contributed by atoms with Crippen LogP contribution in [0.3, 0.4) is 0 Å². The lowest BCUT2D eigenvalue weighted by Crippen LogP contribution is -2.30. The van der Waals surface area contributed by atoms with Crippen molar-refractivity contribution in [2.75, 3.05) is 4.90 Å². The van der Waals surface area contributed by atoms with Crippen LogP contribution in [0.25, 0.3) is 11.8 Å². The smallest absolute Gasteiger partial charge is 0.333 e. The third-order valence-electron chi connectivity index (χ3n) is 6.08. The number of imide groups is 1. The van der Waals surface area contributed by atoms with Crippen molar-refractivity contribution >= 4 is 39.6 Å². The normalized spacial score (nSPS) is 14.4. The minimum Gasteiger partial charge on any atom is -0.489 e. The highest BCUT2D eigenvalue weighted by molar-refractivity contribution is 9.10. The number of carbonyl (C=O) groups excluding carboxylic acids is 2. The van der Waals surface area contributed by atoms with Gasteiger partial charge in [0, 0.05) is 21.5 Å². The molecule has 1 aromatic heterocycles. The van der Waals surface area contributed by atoms with Gasteiger partial charge in [0.05, 0.1) is 5.69 Å². The number of anilines is 1. The molecule has 6 nitrogen and oxygen atoms in total. The summed E-state index contributed by atoms with van der Waals surface area (Å²) in [6, 6.07) is 26.4. The van der Waals surface area contributed by atoms with Crippen molar-refractivity contribution in [3.05, 3.63) is 118 Å². The summed E-state index contributed by atoms with van der Waals surface area (Å²) < 4.78 is 9.08. The van der Waals surface area contributed by atoms with Gasteiger partial charge in [-0.15, -0.1) is 0 Å². The van der Waals surface area contributed by atoms with Gasteiger partial charge in [-0.3, -0.25) is 4.79 Å². The summed E-state index contributed by atoms with van der Waals surface area (Å²) in [4.78, 5) is 26.6. The molecule has 2 heterocycles. The van der Waals surface area contributed by atoms with Crippen LogP contribution in [0.4, 0.5) is 10.5 Å². The van der Waals surface area contributed by atoms with Gasteiger partial charge in [-0.1, -0.05) is 46.3 Å². The maximum Gasteiger partial charge on any atom is 0.333 e. The molecule has 7 heteroatoms. The van der Waals surface area contributed by atoms with Crippen molar-refractivity contribution in [2.24, 2.45) is 0 Å². The van der Waals surface area contributed by atoms with E-state index >= 15 is 0 Å². The van der Waals surface area contributed by atoms with Crippen LogP contribution in [0, 0.1) is 13.8 Å². The number of para-hydroxylation sites is 1. The molecular formula is C29H24BrN3O3. The molecule has 4 aromatic rings. The summed E-state index contributed by atoms with van der Waals surface area (Å²) in [6.07, 6.45) is 1.73. The zero-order chi connectivity index (χ0) is 25.2. The van der Waals surface area contributed by atoms with Gasteiger partial charge in [-0.25, -0.2) is 9.69 Å². The Labute approximate surface area is 217 Å². The molecular weight excluding hydrogens is 518 g/mol. The van der Waals surface area contributed by atoms with E-state index in [2.05, 4.69) is 25.8 Å². The first-order valence-corrected chi connectivity index (χ1v) is 12.3. The average Bonchev–Trinajstić information content (AvgIpc) is 3.32. The highest BCUT2D eigenvalue weighted by Crippen LogP contribution is 2.27. The molecule has 5 rings (SSSR count). The molecule has 1 N–H and O–H groups in total. The molecule has 1 aliphatic rings. The lowest BCUT2D eigenvalue weighted by atomic mass is 10.2. The van der Waals surface area contributed by atoms with E-state index in [0.29, 0.717) is 12.3 Å². The van der Waals surface area contributed by atoms with E-state index in [0.717, 1.165) is 43.3 Å². The van der Waals surface area contributed by atoms with Gasteiger partial charge < -0.3 is 14.6 Å². The number of hydrogen-bond acceptors (Lipinski definition) is 3. The largest absolute Gasteiger partial charge is 0.489 e. The summed E-state index contributed by atoms with van der Waals surface area (Å²) >= 11 is 3.44. The molecule has 0 spiro atoms. The Morgan fingerprint density at radius 3 is 2.28 bits per heavy atom. The number of nitrogens with zero attached hydrogens (tertiary/aromatic N) is 2. The van der Waals surface area contributed by atoms with Crippen LogP contribution in [0.1, 0.15) is 22.5 Å². The van der Waals surface area contributed by atoms with Gasteiger partial charge in [0.2, 0.25) is 0 Å². The number of amides is 3. The van der Waals surface area contributed by atoms with Gasteiger partial charge in [-0.2, -0.15) is 0 Å². The Morgan fingerprint density at radius 1 is 0.889 bits per heavy atom. The molecule has 3 amide bonds.